The van der Waals surface area contributed by atoms with Gasteiger partial charge in [-0.05, 0) is 30.5 Å². The Kier molecular flexibility index (Phi) is 5.71. The van der Waals surface area contributed by atoms with Crippen molar-refractivity contribution in [3.63, 3.8) is 0 Å². The van der Waals surface area contributed by atoms with Gasteiger partial charge in [0, 0.05) is 38.2 Å². The van der Waals surface area contributed by atoms with Gasteiger partial charge in [0.05, 0.1) is 6.04 Å². The van der Waals surface area contributed by atoms with E-state index in [4.69, 9.17) is 4.42 Å². The molecule has 1 aliphatic heterocycles. The van der Waals surface area contributed by atoms with Gasteiger partial charge in [0.2, 0.25) is 11.8 Å². The van der Waals surface area contributed by atoms with Crippen molar-refractivity contribution in [2.24, 2.45) is 0 Å². The minimum absolute atomic E-state index is 0.0744. The smallest absolute Gasteiger partial charge is 0.253 e. The quantitative estimate of drug-likeness (QED) is 0.823. The highest BCUT2D eigenvalue weighted by Gasteiger charge is 2.27. The monoisotopic (exact) mass is 356 g/mol. The van der Waals surface area contributed by atoms with E-state index in [1.807, 2.05) is 24.0 Å². The molecule has 0 saturated carbocycles. The van der Waals surface area contributed by atoms with E-state index in [0.717, 1.165) is 25.1 Å². The number of nitrogens with zero attached hydrogens (tertiary/aromatic N) is 4. The van der Waals surface area contributed by atoms with Crippen LogP contribution >= 0.6 is 0 Å². The van der Waals surface area contributed by atoms with Gasteiger partial charge < -0.3 is 9.32 Å². The fourth-order valence-corrected chi connectivity index (χ4v) is 3.24. The predicted molar refractivity (Wildman–Crippen MR) is 100 cm³/mol. The van der Waals surface area contributed by atoms with Crippen molar-refractivity contribution in [2.45, 2.75) is 46.1 Å². The number of piperazine rings is 1. The van der Waals surface area contributed by atoms with E-state index in [1.54, 1.807) is 0 Å². The summed E-state index contributed by atoms with van der Waals surface area (Å²) < 4.78 is 5.68. The van der Waals surface area contributed by atoms with Crippen LogP contribution in [0.1, 0.15) is 67.4 Å². The largest absolute Gasteiger partial charge is 0.424 e. The van der Waals surface area contributed by atoms with Crippen LogP contribution in [-0.4, -0.2) is 52.1 Å². The zero-order valence-electron chi connectivity index (χ0n) is 16.1. The molecular weight excluding hydrogens is 328 g/mol. The van der Waals surface area contributed by atoms with Gasteiger partial charge in [-0.15, -0.1) is 10.2 Å². The van der Waals surface area contributed by atoms with Crippen LogP contribution < -0.4 is 0 Å². The van der Waals surface area contributed by atoms with Crippen molar-refractivity contribution in [3.05, 3.63) is 47.2 Å². The summed E-state index contributed by atoms with van der Waals surface area (Å²) >= 11 is 0. The lowest BCUT2D eigenvalue weighted by Gasteiger charge is -2.36. The van der Waals surface area contributed by atoms with Gasteiger partial charge in [-0.1, -0.05) is 32.9 Å². The summed E-state index contributed by atoms with van der Waals surface area (Å²) in [6, 6.07) is 8.06. The highest BCUT2D eigenvalue weighted by Crippen LogP contribution is 2.22. The first-order valence-corrected chi connectivity index (χ1v) is 9.45. The lowest BCUT2D eigenvalue weighted by molar-refractivity contribution is 0.0557. The molecule has 0 aliphatic carbocycles. The zero-order valence-corrected chi connectivity index (χ0v) is 16.1. The van der Waals surface area contributed by atoms with Crippen LogP contribution in [0.5, 0.6) is 0 Å². The third-order valence-corrected chi connectivity index (χ3v) is 5.12. The minimum atomic E-state index is 0.0744. The number of rotatable bonds is 5. The highest BCUT2D eigenvalue weighted by atomic mass is 16.4. The number of aryl methyl sites for hydroxylation is 1. The first kappa shape index (κ1) is 18.6. The third kappa shape index (κ3) is 3.96. The Labute approximate surface area is 155 Å². The molecule has 1 fully saturated rings. The molecule has 1 aliphatic rings. The predicted octanol–water partition coefficient (Wildman–Crippen LogP) is 3.27. The molecule has 3 rings (SSSR count). The van der Waals surface area contributed by atoms with Crippen LogP contribution in [0, 0.1) is 0 Å². The van der Waals surface area contributed by atoms with E-state index < -0.39 is 0 Å². The maximum absolute atomic E-state index is 12.7. The van der Waals surface area contributed by atoms with Gasteiger partial charge >= 0.3 is 0 Å². The molecule has 0 bridgehead atoms. The van der Waals surface area contributed by atoms with E-state index in [9.17, 15) is 4.79 Å². The molecule has 6 heteroatoms. The maximum Gasteiger partial charge on any atom is 0.253 e. The highest BCUT2D eigenvalue weighted by molar-refractivity contribution is 5.94. The first-order chi connectivity index (χ1) is 12.5. The average molecular weight is 356 g/mol. The number of hydrogen-bond donors (Lipinski definition) is 0. The Morgan fingerprint density at radius 3 is 2.27 bits per heavy atom. The Morgan fingerprint density at radius 2 is 1.73 bits per heavy atom. The number of aromatic nitrogens is 2. The van der Waals surface area contributed by atoms with Crippen molar-refractivity contribution < 1.29 is 9.21 Å². The lowest BCUT2D eigenvalue weighted by Crippen LogP contribution is -2.49. The van der Waals surface area contributed by atoms with Gasteiger partial charge in [-0.2, -0.15) is 0 Å². The fourth-order valence-electron chi connectivity index (χ4n) is 3.24. The van der Waals surface area contributed by atoms with Crippen LogP contribution in [0.15, 0.2) is 28.7 Å². The van der Waals surface area contributed by atoms with E-state index in [2.05, 4.69) is 48.0 Å². The summed E-state index contributed by atoms with van der Waals surface area (Å²) in [6.07, 6.45) is 0.748. The molecule has 140 valence electrons. The average Bonchev–Trinajstić information content (AvgIpc) is 3.16. The molecule has 1 saturated heterocycles. The summed E-state index contributed by atoms with van der Waals surface area (Å²) in [6.45, 7) is 11.4. The van der Waals surface area contributed by atoms with Gasteiger partial charge in [-0.25, -0.2) is 0 Å². The van der Waals surface area contributed by atoms with Crippen molar-refractivity contribution in [3.8, 4) is 0 Å². The van der Waals surface area contributed by atoms with Gasteiger partial charge in [0.15, 0.2) is 0 Å². The summed E-state index contributed by atoms with van der Waals surface area (Å²) in [5.41, 5.74) is 2.02. The Balaban J connectivity index is 1.58. The van der Waals surface area contributed by atoms with Crippen LogP contribution in [-0.2, 0) is 6.42 Å². The number of hydrogen-bond acceptors (Lipinski definition) is 5. The molecule has 1 aromatic carbocycles. The molecule has 0 radical (unpaired) electrons. The topological polar surface area (TPSA) is 62.5 Å². The standard InChI is InChI=1S/C20H28N4O2/c1-5-18-21-22-19(26-18)15(4)23-10-12-24(13-11-23)20(25)17-8-6-16(7-9-17)14(2)3/h6-9,14-15H,5,10-13H2,1-4H3/t15-/m0/s1. The molecule has 0 unspecified atom stereocenters. The second-order valence-corrected chi connectivity index (χ2v) is 7.17. The number of amides is 1. The lowest BCUT2D eigenvalue weighted by atomic mass is 10.0. The molecule has 0 spiro atoms. The van der Waals surface area contributed by atoms with Crippen LogP contribution in [0.3, 0.4) is 0 Å². The summed E-state index contributed by atoms with van der Waals surface area (Å²) in [5.74, 6) is 1.91. The molecule has 1 aromatic heterocycles. The first-order valence-electron chi connectivity index (χ1n) is 9.45. The van der Waals surface area contributed by atoms with Crippen molar-refractivity contribution in [1.29, 1.82) is 0 Å². The van der Waals surface area contributed by atoms with Crippen molar-refractivity contribution in [2.75, 3.05) is 26.2 Å². The van der Waals surface area contributed by atoms with Gasteiger partial charge in [-0.3, -0.25) is 9.69 Å². The second-order valence-electron chi connectivity index (χ2n) is 7.17. The minimum Gasteiger partial charge on any atom is -0.424 e. The zero-order chi connectivity index (χ0) is 18.7. The Hall–Kier alpha value is -2.21. The van der Waals surface area contributed by atoms with E-state index in [-0.39, 0.29) is 11.9 Å². The third-order valence-electron chi connectivity index (χ3n) is 5.12. The van der Waals surface area contributed by atoms with Crippen LogP contribution in [0.25, 0.3) is 0 Å². The Morgan fingerprint density at radius 1 is 1.08 bits per heavy atom. The molecule has 26 heavy (non-hydrogen) atoms. The summed E-state index contributed by atoms with van der Waals surface area (Å²) in [4.78, 5) is 17.0. The van der Waals surface area contributed by atoms with E-state index in [1.165, 1.54) is 5.56 Å². The molecule has 2 heterocycles. The summed E-state index contributed by atoms with van der Waals surface area (Å²) in [7, 11) is 0. The van der Waals surface area contributed by atoms with Crippen molar-refractivity contribution >= 4 is 5.91 Å². The molecule has 2 aromatic rings. The van der Waals surface area contributed by atoms with E-state index >= 15 is 0 Å². The molecule has 1 atom stereocenters. The van der Waals surface area contributed by atoms with Crippen molar-refractivity contribution in [1.82, 2.24) is 20.0 Å². The SMILES string of the molecule is CCc1nnc([C@H](C)N2CCN(C(=O)c3ccc(C(C)C)cc3)CC2)o1. The van der Waals surface area contributed by atoms with E-state index in [0.29, 0.717) is 30.8 Å². The summed E-state index contributed by atoms with van der Waals surface area (Å²) in [5, 5.41) is 8.19. The maximum atomic E-state index is 12.7. The normalized spacial score (nSPS) is 16.9. The van der Waals surface area contributed by atoms with Crippen LogP contribution in [0.4, 0.5) is 0 Å². The van der Waals surface area contributed by atoms with Gasteiger partial charge in [0.25, 0.3) is 5.91 Å². The number of benzene rings is 1. The number of carbonyl (C=O) groups excluding carboxylic acids is 1. The second kappa shape index (κ2) is 7.99. The fraction of sp³-hybridized carbons (Fsp3) is 0.550. The molecular formula is C20H28N4O2. The van der Waals surface area contributed by atoms with Gasteiger partial charge in [0.1, 0.15) is 0 Å². The van der Waals surface area contributed by atoms with Crippen LogP contribution in [0.2, 0.25) is 0 Å². The number of carbonyl (C=O) groups is 1. The molecule has 1 amide bonds. The molecule has 0 N–H and O–H groups in total. The molecule has 6 nitrogen and oxygen atoms in total. The Bertz CT molecular complexity index is 731.